The fraction of sp³-hybridized carbons (Fsp3) is 0.200. The molecule has 0 saturated heterocycles. The van der Waals surface area contributed by atoms with Crippen LogP contribution < -0.4 is 0 Å². The Morgan fingerprint density at radius 1 is 0.697 bits per heavy atom. The molecule has 0 atom stereocenters. The van der Waals surface area contributed by atoms with Gasteiger partial charge in [-0.1, -0.05) is 107 Å². The maximum atomic E-state index is 11.4. The zero-order valence-corrected chi connectivity index (χ0v) is 19.6. The highest BCUT2D eigenvalue weighted by molar-refractivity contribution is 6.50. The molecule has 4 rings (SSSR count). The Bertz CT molecular complexity index is 1260. The quantitative estimate of drug-likeness (QED) is 0.408. The summed E-state index contributed by atoms with van der Waals surface area (Å²) in [6.45, 7) is 8.63. The summed E-state index contributed by atoms with van der Waals surface area (Å²) in [5, 5.41) is 19.7. The third kappa shape index (κ3) is 4.31. The van der Waals surface area contributed by atoms with E-state index in [1.165, 1.54) is 5.56 Å². The topological polar surface area (TPSA) is 56.4 Å². The summed E-state index contributed by atoms with van der Waals surface area (Å²) >= 11 is 0. The molecule has 0 unspecified atom stereocenters. The summed E-state index contributed by atoms with van der Waals surface area (Å²) in [6, 6.07) is 24.7. The van der Waals surface area contributed by atoms with E-state index in [1.54, 1.807) is 12.2 Å². The molecular formula is C30H30N2O. The second-order valence-corrected chi connectivity index (χ2v) is 9.50. The van der Waals surface area contributed by atoms with Crippen LogP contribution in [0.25, 0.3) is 0 Å². The third-order valence-electron chi connectivity index (χ3n) is 6.62. The summed E-state index contributed by atoms with van der Waals surface area (Å²) in [5.74, 6) is 0.153. The number of aliphatic imine (C=N–C) groups is 1. The number of phenols is 1. The Morgan fingerprint density at radius 2 is 1.24 bits per heavy atom. The summed E-state index contributed by atoms with van der Waals surface area (Å²) in [6.07, 6.45) is 7.20. The minimum absolute atomic E-state index is 0.153. The lowest BCUT2D eigenvalue weighted by atomic mass is 9.72. The number of nitrogens with zero attached hydrogens (tertiary/aromatic N) is 1. The van der Waals surface area contributed by atoms with E-state index in [-0.39, 0.29) is 11.2 Å². The van der Waals surface area contributed by atoms with Gasteiger partial charge in [0.1, 0.15) is 11.4 Å². The molecule has 0 heterocycles. The number of nitrogens with one attached hydrogen (secondary N) is 1. The monoisotopic (exact) mass is 434 g/mol. The van der Waals surface area contributed by atoms with Gasteiger partial charge in [-0.2, -0.15) is 0 Å². The molecule has 33 heavy (non-hydrogen) atoms. The van der Waals surface area contributed by atoms with Crippen LogP contribution in [-0.2, 0) is 10.8 Å². The predicted octanol–water partition coefficient (Wildman–Crippen LogP) is 7.26. The number of rotatable bonds is 5. The van der Waals surface area contributed by atoms with Gasteiger partial charge in [-0.25, -0.2) is 4.99 Å². The molecule has 0 fully saturated rings. The molecule has 0 aromatic heterocycles. The summed E-state index contributed by atoms with van der Waals surface area (Å²) in [5.41, 5.74) is 4.77. The number of hydrogen-bond donors (Lipinski definition) is 2. The van der Waals surface area contributed by atoms with Gasteiger partial charge in [-0.15, -0.1) is 0 Å². The maximum absolute atomic E-state index is 11.4. The van der Waals surface area contributed by atoms with Gasteiger partial charge in [-0.3, -0.25) is 5.41 Å². The van der Waals surface area contributed by atoms with Crippen LogP contribution in [0.3, 0.4) is 0 Å². The van der Waals surface area contributed by atoms with E-state index in [4.69, 9.17) is 10.4 Å². The van der Waals surface area contributed by atoms with Gasteiger partial charge in [0.15, 0.2) is 0 Å². The molecular weight excluding hydrogens is 404 g/mol. The zero-order valence-electron chi connectivity index (χ0n) is 19.6. The van der Waals surface area contributed by atoms with E-state index in [9.17, 15) is 5.11 Å². The van der Waals surface area contributed by atoms with E-state index < -0.39 is 5.41 Å². The van der Waals surface area contributed by atoms with Crippen LogP contribution in [0.5, 0.6) is 5.75 Å². The Balaban J connectivity index is 1.96. The average molecular weight is 435 g/mol. The molecule has 0 spiro atoms. The second kappa shape index (κ2) is 8.67. The van der Waals surface area contributed by atoms with Gasteiger partial charge in [0.25, 0.3) is 0 Å². The summed E-state index contributed by atoms with van der Waals surface area (Å²) in [4.78, 5) is 4.74. The van der Waals surface area contributed by atoms with E-state index in [2.05, 4.69) is 58.0 Å². The van der Waals surface area contributed by atoms with E-state index in [0.29, 0.717) is 17.1 Å². The van der Waals surface area contributed by atoms with Crippen LogP contribution >= 0.6 is 0 Å². The molecule has 3 heteroatoms. The Kier molecular flexibility index (Phi) is 5.90. The van der Waals surface area contributed by atoms with Gasteiger partial charge in [-0.05, 0) is 34.9 Å². The minimum atomic E-state index is -0.446. The van der Waals surface area contributed by atoms with Crippen molar-refractivity contribution in [3.8, 4) is 5.75 Å². The molecule has 3 aromatic rings. The normalized spacial score (nSPS) is 15.3. The molecule has 0 bridgehead atoms. The first-order valence-corrected chi connectivity index (χ1v) is 11.2. The zero-order chi connectivity index (χ0) is 23.6. The molecule has 3 nitrogen and oxygen atoms in total. The van der Waals surface area contributed by atoms with E-state index in [0.717, 1.165) is 16.7 Å². The van der Waals surface area contributed by atoms with Crippen molar-refractivity contribution in [2.45, 2.75) is 38.5 Å². The predicted molar refractivity (Wildman–Crippen MR) is 138 cm³/mol. The molecule has 2 N–H and O–H groups in total. The lowest BCUT2D eigenvalue weighted by Gasteiger charge is -2.32. The van der Waals surface area contributed by atoms with E-state index in [1.807, 2.05) is 54.6 Å². The smallest absolute Gasteiger partial charge is 0.145 e. The van der Waals surface area contributed by atoms with Gasteiger partial charge in [0.2, 0.25) is 0 Å². The van der Waals surface area contributed by atoms with Crippen molar-refractivity contribution in [3.63, 3.8) is 0 Å². The number of allylic oxidation sites excluding steroid dienone is 4. The van der Waals surface area contributed by atoms with Crippen LogP contribution in [0.15, 0.2) is 102 Å². The van der Waals surface area contributed by atoms with Crippen molar-refractivity contribution >= 4 is 17.1 Å². The highest BCUT2D eigenvalue weighted by atomic mass is 16.3. The van der Waals surface area contributed by atoms with Gasteiger partial charge in [0, 0.05) is 16.4 Å². The molecule has 1 aliphatic rings. The largest absolute Gasteiger partial charge is 0.505 e. The molecule has 166 valence electrons. The second-order valence-electron chi connectivity index (χ2n) is 9.50. The van der Waals surface area contributed by atoms with Crippen molar-refractivity contribution in [2.24, 2.45) is 4.99 Å². The van der Waals surface area contributed by atoms with Crippen molar-refractivity contribution in [3.05, 3.63) is 119 Å². The molecule has 0 amide bonds. The van der Waals surface area contributed by atoms with Crippen LogP contribution in [0.2, 0.25) is 0 Å². The molecule has 1 aliphatic carbocycles. The Hall–Kier alpha value is -3.72. The molecule has 0 aliphatic heterocycles. The molecule has 3 aromatic carbocycles. The highest BCUT2D eigenvalue weighted by Gasteiger charge is 2.32. The standard InChI is InChI=1S/C30H30N2O/c1-29(2,21-13-7-5-8-14-21)23-19-24(30(3,4)22-15-9-6-10-16-22)28(33)27(20-23)32-26-18-12-11-17-25(26)31/h5-20,31,33H,1-4H3/b31-25?,32-26-. The van der Waals surface area contributed by atoms with Crippen molar-refractivity contribution in [1.29, 1.82) is 5.41 Å². The third-order valence-corrected chi connectivity index (χ3v) is 6.62. The highest BCUT2D eigenvalue weighted by Crippen LogP contribution is 2.45. The van der Waals surface area contributed by atoms with E-state index >= 15 is 0 Å². The lowest BCUT2D eigenvalue weighted by Crippen LogP contribution is -2.23. The van der Waals surface area contributed by atoms with Crippen LogP contribution in [-0.4, -0.2) is 16.5 Å². The minimum Gasteiger partial charge on any atom is -0.505 e. The number of phenolic OH excluding ortho intramolecular Hbond substituents is 1. The van der Waals surface area contributed by atoms with Crippen molar-refractivity contribution < 1.29 is 5.11 Å². The van der Waals surface area contributed by atoms with Crippen LogP contribution in [0.4, 0.5) is 5.69 Å². The molecule has 0 radical (unpaired) electrons. The summed E-state index contributed by atoms with van der Waals surface area (Å²) < 4.78 is 0. The number of hydrogen-bond acceptors (Lipinski definition) is 3. The average Bonchev–Trinajstić information content (AvgIpc) is 2.82. The van der Waals surface area contributed by atoms with Gasteiger partial charge in [0.05, 0.1) is 11.4 Å². The number of benzene rings is 3. The Morgan fingerprint density at radius 3 is 1.82 bits per heavy atom. The van der Waals surface area contributed by atoms with Crippen molar-refractivity contribution in [2.75, 3.05) is 0 Å². The van der Waals surface area contributed by atoms with Crippen LogP contribution in [0.1, 0.15) is 49.9 Å². The maximum Gasteiger partial charge on any atom is 0.145 e. The van der Waals surface area contributed by atoms with Crippen LogP contribution in [0, 0.1) is 5.41 Å². The Labute approximate surface area is 196 Å². The van der Waals surface area contributed by atoms with Gasteiger partial charge < -0.3 is 5.11 Å². The lowest BCUT2D eigenvalue weighted by molar-refractivity contribution is 0.453. The molecule has 0 saturated carbocycles. The first-order chi connectivity index (χ1) is 15.7. The van der Waals surface area contributed by atoms with Gasteiger partial charge >= 0.3 is 0 Å². The SMILES string of the molecule is CC(C)(c1ccccc1)c1cc(/N=C2/C=CC=CC2=N)c(O)c(C(C)(C)c2ccccc2)c1. The van der Waals surface area contributed by atoms with Crippen molar-refractivity contribution in [1.82, 2.24) is 0 Å². The fourth-order valence-electron chi connectivity index (χ4n) is 4.27. The fourth-order valence-corrected chi connectivity index (χ4v) is 4.27. The summed E-state index contributed by atoms with van der Waals surface area (Å²) in [7, 11) is 0. The first kappa shape index (κ1) is 22.5. The number of aromatic hydroxyl groups is 1. The first-order valence-electron chi connectivity index (χ1n) is 11.2.